The molecule has 0 radical (unpaired) electrons. The summed E-state index contributed by atoms with van der Waals surface area (Å²) < 4.78 is 5.51. The van der Waals surface area contributed by atoms with Crippen LogP contribution in [-0.2, 0) is 9.53 Å². The van der Waals surface area contributed by atoms with E-state index in [0.29, 0.717) is 12.0 Å². The second kappa shape index (κ2) is 8.69. The second-order valence-electron chi connectivity index (χ2n) is 5.62. The van der Waals surface area contributed by atoms with Crippen LogP contribution in [0.1, 0.15) is 51.4 Å². The quantitative estimate of drug-likeness (QED) is 0.439. The van der Waals surface area contributed by atoms with Crippen molar-refractivity contribution in [3.05, 3.63) is 11.5 Å². The topological polar surface area (TPSA) is 38.7 Å². The van der Waals surface area contributed by atoms with Crippen molar-refractivity contribution in [3.63, 3.8) is 0 Å². The maximum Gasteiger partial charge on any atom is 0.330 e. The van der Waals surface area contributed by atoms with Gasteiger partial charge in [0.1, 0.15) is 0 Å². The zero-order valence-corrected chi connectivity index (χ0v) is 14.2. The van der Waals surface area contributed by atoms with E-state index in [4.69, 9.17) is 17.2 Å². The van der Waals surface area contributed by atoms with Crippen LogP contribution in [0.3, 0.4) is 0 Å². The van der Waals surface area contributed by atoms with Gasteiger partial charge in [0.25, 0.3) is 0 Å². The average molecular weight is 325 g/mol. The van der Waals surface area contributed by atoms with Crippen LogP contribution in [0.25, 0.3) is 0 Å². The molecule has 21 heavy (non-hydrogen) atoms. The van der Waals surface area contributed by atoms with Crippen molar-refractivity contribution in [1.29, 1.82) is 0 Å². The van der Waals surface area contributed by atoms with Crippen LogP contribution in [-0.4, -0.2) is 29.0 Å². The van der Waals surface area contributed by atoms with Gasteiger partial charge in [-0.3, -0.25) is 4.99 Å². The van der Waals surface area contributed by atoms with Crippen LogP contribution in [0.2, 0.25) is 0 Å². The number of carbonyl (C=O) groups excluding carboxylic acids is 1. The normalized spacial score (nSPS) is 25.6. The molecule has 2 aliphatic rings. The second-order valence-corrected chi connectivity index (χ2v) is 7.27. The molecule has 0 aromatic rings. The van der Waals surface area contributed by atoms with Crippen molar-refractivity contribution in [2.24, 2.45) is 10.9 Å². The first kappa shape index (κ1) is 16.7. The van der Waals surface area contributed by atoms with Crippen molar-refractivity contribution in [2.75, 3.05) is 7.11 Å². The van der Waals surface area contributed by atoms with E-state index in [1.807, 2.05) is 0 Å². The molecule has 2 rings (SSSR count). The van der Waals surface area contributed by atoms with Crippen molar-refractivity contribution < 1.29 is 9.53 Å². The summed E-state index contributed by atoms with van der Waals surface area (Å²) in [7, 11) is 1.38. The fourth-order valence-electron chi connectivity index (χ4n) is 2.99. The summed E-state index contributed by atoms with van der Waals surface area (Å²) >= 11 is 6.98. The Hall–Kier alpha value is -0.680. The number of hydrogen-bond acceptors (Lipinski definition) is 5. The van der Waals surface area contributed by atoms with Gasteiger partial charge in [-0.2, -0.15) is 0 Å². The van der Waals surface area contributed by atoms with Gasteiger partial charge in [-0.15, -0.1) is 0 Å². The molecule has 0 aliphatic heterocycles. The number of carbonyl (C=O) groups is 1. The van der Waals surface area contributed by atoms with E-state index in [9.17, 15) is 4.79 Å². The van der Waals surface area contributed by atoms with Gasteiger partial charge < -0.3 is 4.74 Å². The third-order valence-corrected chi connectivity index (χ3v) is 5.49. The first-order valence-corrected chi connectivity index (χ1v) is 9.01. The third-order valence-electron chi connectivity index (χ3n) is 4.13. The Morgan fingerprint density at radius 3 is 2.76 bits per heavy atom. The summed E-state index contributed by atoms with van der Waals surface area (Å²) in [5.74, 6) is -0.0259. The molecule has 0 bridgehead atoms. The SMILES string of the molecule is COC(=O)C=CSC(=S)C1CCCC1=NC1CCCCC1. The number of aliphatic imine (C=N–C) groups is 1. The summed E-state index contributed by atoms with van der Waals surface area (Å²) in [4.78, 5) is 16.0. The van der Waals surface area contributed by atoms with E-state index >= 15 is 0 Å². The van der Waals surface area contributed by atoms with Crippen molar-refractivity contribution in [3.8, 4) is 0 Å². The van der Waals surface area contributed by atoms with Gasteiger partial charge in [-0.05, 0) is 37.5 Å². The maximum atomic E-state index is 11.1. The predicted molar refractivity (Wildman–Crippen MR) is 93.0 cm³/mol. The Bertz CT molecular complexity index is 440. The summed E-state index contributed by atoms with van der Waals surface area (Å²) in [5.41, 5.74) is 1.30. The van der Waals surface area contributed by atoms with Gasteiger partial charge in [-0.25, -0.2) is 4.79 Å². The van der Waals surface area contributed by atoms with E-state index in [2.05, 4.69) is 4.74 Å². The van der Waals surface area contributed by atoms with E-state index in [0.717, 1.165) is 17.0 Å². The minimum absolute atomic E-state index is 0.314. The number of ether oxygens (including phenoxy) is 1. The van der Waals surface area contributed by atoms with Gasteiger partial charge in [0.2, 0.25) is 0 Å². The predicted octanol–water partition coefficient (Wildman–Crippen LogP) is 4.31. The minimum Gasteiger partial charge on any atom is -0.466 e. The van der Waals surface area contributed by atoms with Crippen LogP contribution >= 0.6 is 24.0 Å². The van der Waals surface area contributed by atoms with Crippen LogP contribution in [0.5, 0.6) is 0 Å². The molecule has 116 valence electrons. The highest BCUT2D eigenvalue weighted by Gasteiger charge is 2.27. The summed E-state index contributed by atoms with van der Waals surface area (Å²) in [6.07, 6.45) is 11.2. The lowest BCUT2D eigenvalue weighted by Crippen LogP contribution is -2.18. The molecule has 1 atom stereocenters. The molecule has 3 nitrogen and oxygen atoms in total. The molecule has 0 spiro atoms. The van der Waals surface area contributed by atoms with E-state index < -0.39 is 0 Å². The van der Waals surface area contributed by atoms with Crippen molar-refractivity contribution >= 4 is 39.9 Å². The molecule has 2 fully saturated rings. The Morgan fingerprint density at radius 2 is 2.05 bits per heavy atom. The first-order chi connectivity index (χ1) is 10.2. The molecule has 2 saturated carbocycles. The highest BCUT2D eigenvalue weighted by atomic mass is 32.2. The van der Waals surface area contributed by atoms with Crippen molar-refractivity contribution in [2.45, 2.75) is 57.4 Å². The number of nitrogens with zero attached hydrogens (tertiary/aromatic N) is 1. The average Bonchev–Trinajstić information content (AvgIpc) is 2.96. The number of esters is 1. The summed E-state index contributed by atoms with van der Waals surface area (Å²) in [5, 5.41) is 1.73. The van der Waals surface area contributed by atoms with Crippen LogP contribution in [0, 0.1) is 5.92 Å². The zero-order chi connectivity index (χ0) is 15.1. The Labute approximate surface area is 136 Å². The summed E-state index contributed by atoms with van der Waals surface area (Å²) in [6.45, 7) is 0. The van der Waals surface area contributed by atoms with Gasteiger partial charge in [0.15, 0.2) is 0 Å². The van der Waals surface area contributed by atoms with Crippen LogP contribution in [0.4, 0.5) is 0 Å². The fraction of sp³-hybridized carbons (Fsp3) is 0.688. The molecule has 0 amide bonds. The number of methoxy groups -OCH3 is 1. The molecular formula is C16H23NO2S2. The van der Waals surface area contributed by atoms with Gasteiger partial charge >= 0.3 is 5.97 Å². The molecule has 2 aliphatic carbocycles. The minimum atomic E-state index is -0.340. The van der Waals surface area contributed by atoms with Gasteiger partial charge in [0, 0.05) is 23.7 Å². The molecule has 0 aromatic carbocycles. The standard InChI is InChI=1S/C16H23NO2S2/c1-19-15(18)10-11-21-16(20)13-8-5-9-14(13)17-12-6-3-2-4-7-12/h10-13H,2-9H2,1H3. The lowest BCUT2D eigenvalue weighted by molar-refractivity contribution is -0.134. The molecule has 0 N–H and O–H groups in total. The molecule has 0 saturated heterocycles. The largest absolute Gasteiger partial charge is 0.466 e. The lowest BCUT2D eigenvalue weighted by atomic mass is 9.95. The molecule has 5 heteroatoms. The van der Waals surface area contributed by atoms with Crippen LogP contribution in [0.15, 0.2) is 16.5 Å². The Morgan fingerprint density at radius 1 is 1.29 bits per heavy atom. The third kappa shape index (κ3) is 5.22. The molecule has 0 heterocycles. The highest BCUT2D eigenvalue weighted by molar-refractivity contribution is 8.25. The Kier molecular flexibility index (Phi) is 6.90. The monoisotopic (exact) mass is 325 g/mol. The first-order valence-electron chi connectivity index (χ1n) is 7.72. The lowest BCUT2D eigenvalue weighted by Gasteiger charge is -2.20. The van der Waals surface area contributed by atoms with E-state index in [-0.39, 0.29) is 5.97 Å². The van der Waals surface area contributed by atoms with Crippen molar-refractivity contribution in [1.82, 2.24) is 0 Å². The van der Waals surface area contributed by atoms with Gasteiger partial charge in [-0.1, -0.05) is 43.2 Å². The number of thioether (sulfide) groups is 1. The smallest absolute Gasteiger partial charge is 0.330 e. The summed E-state index contributed by atoms with van der Waals surface area (Å²) in [6, 6.07) is 0.521. The maximum absolute atomic E-state index is 11.1. The number of thiocarbonyl (C=S) groups is 1. The van der Waals surface area contributed by atoms with E-state index in [1.54, 1.807) is 5.41 Å². The zero-order valence-electron chi connectivity index (χ0n) is 12.5. The van der Waals surface area contributed by atoms with Gasteiger partial charge in [0.05, 0.1) is 11.3 Å². The highest BCUT2D eigenvalue weighted by Crippen LogP contribution is 2.31. The molecule has 0 aromatic heterocycles. The number of rotatable bonds is 4. The molecule has 1 unspecified atom stereocenters. The van der Waals surface area contributed by atoms with Crippen LogP contribution < -0.4 is 0 Å². The number of hydrogen-bond donors (Lipinski definition) is 0. The fourth-order valence-corrected chi connectivity index (χ4v) is 4.14. The van der Waals surface area contributed by atoms with E-state index in [1.165, 1.54) is 69.2 Å². The molecular weight excluding hydrogens is 302 g/mol. The Balaban J connectivity index is 1.91.